The van der Waals surface area contributed by atoms with Crippen LogP contribution in [0.15, 0.2) is 40.9 Å². The molecule has 2 aromatic carbocycles. The number of nitrogens with zero attached hydrogens (tertiary/aromatic N) is 1. The van der Waals surface area contributed by atoms with Gasteiger partial charge in [0, 0.05) is 16.2 Å². The Labute approximate surface area is 129 Å². The molecule has 1 atom stereocenters. The van der Waals surface area contributed by atoms with Crippen LogP contribution in [0.2, 0.25) is 0 Å². The van der Waals surface area contributed by atoms with Gasteiger partial charge in [-0.1, -0.05) is 15.9 Å². The van der Waals surface area contributed by atoms with Gasteiger partial charge in [-0.3, -0.25) is 4.79 Å². The molecule has 0 fully saturated rings. The number of carbonyl (C=O) groups excluding carboxylic acids is 1. The molecule has 2 nitrogen and oxygen atoms in total. The molecule has 1 amide bonds. The lowest BCUT2D eigenvalue weighted by Crippen LogP contribution is -2.36. The van der Waals surface area contributed by atoms with Gasteiger partial charge in [-0.05, 0) is 55.3 Å². The first-order valence-electron chi connectivity index (χ1n) is 6.54. The monoisotopic (exact) mass is 351 g/mol. The number of amides is 1. The number of hydrogen-bond acceptors (Lipinski definition) is 1. The first-order chi connectivity index (χ1) is 9.97. The third-order valence-electron chi connectivity index (χ3n) is 3.63. The van der Waals surface area contributed by atoms with Crippen molar-refractivity contribution >= 4 is 27.5 Å². The van der Waals surface area contributed by atoms with E-state index in [1.54, 1.807) is 0 Å². The molecule has 0 bridgehead atoms. The summed E-state index contributed by atoms with van der Waals surface area (Å²) in [6.07, 6.45) is 0.692. The maximum Gasteiger partial charge on any atom is 0.261 e. The zero-order chi connectivity index (χ0) is 15.1. The first kappa shape index (κ1) is 14.2. The van der Waals surface area contributed by atoms with Crippen molar-refractivity contribution in [1.29, 1.82) is 0 Å². The normalized spacial score (nSPS) is 17.0. The lowest BCUT2D eigenvalue weighted by molar-refractivity contribution is 0.0977. The van der Waals surface area contributed by atoms with Crippen LogP contribution < -0.4 is 4.90 Å². The van der Waals surface area contributed by atoms with Gasteiger partial charge in [0.25, 0.3) is 5.91 Å². The fourth-order valence-electron chi connectivity index (χ4n) is 2.70. The van der Waals surface area contributed by atoms with Gasteiger partial charge in [0.05, 0.1) is 5.56 Å². The van der Waals surface area contributed by atoms with Crippen molar-refractivity contribution in [3.05, 3.63) is 63.6 Å². The van der Waals surface area contributed by atoms with E-state index in [1.165, 1.54) is 4.90 Å². The van der Waals surface area contributed by atoms with Crippen LogP contribution in [0.4, 0.5) is 14.5 Å². The average molecular weight is 352 g/mol. The van der Waals surface area contributed by atoms with Gasteiger partial charge in [0.2, 0.25) is 0 Å². The number of benzene rings is 2. The quantitative estimate of drug-likeness (QED) is 0.749. The van der Waals surface area contributed by atoms with Crippen LogP contribution in [0.25, 0.3) is 0 Å². The Morgan fingerprint density at radius 1 is 1.24 bits per heavy atom. The summed E-state index contributed by atoms with van der Waals surface area (Å²) < 4.78 is 28.0. The Morgan fingerprint density at radius 2 is 2.00 bits per heavy atom. The number of fused-ring (bicyclic) bond motifs is 1. The fourth-order valence-corrected chi connectivity index (χ4v) is 3.11. The summed E-state index contributed by atoms with van der Waals surface area (Å²) in [5.41, 5.74) is 1.53. The van der Waals surface area contributed by atoms with Gasteiger partial charge in [-0.15, -0.1) is 0 Å². The molecule has 1 heterocycles. The van der Waals surface area contributed by atoms with E-state index >= 15 is 0 Å². The minimum atomic E-state index is -0.709. The summed E-state index contributed by atoms with van der Waals surface area (Å²) >= 11 is 3.39. The molecule has 1 unspecified atom stereocenters. The van der Waals surface area contributed by atoms with Crippen LogP contribution >= 0.6 is 15.9 Å². The molecule has 0 saturated heterocycles. The molecule has 2 aromatic rings. The zero-order valence-corrected chi connectivity index (χ0v) is 12.8. The standard InChI is InChI=1S/C16H12BrF2NO/c1-9-6-10-7-11(17)2-5-15(10)20(9)16(21)13-8-12(18)3-4-14(13)19/h2-5,7-9H,6H2,1H3. The maximum atomic E-state index is 13.8. The van der Waals surface area contributed by atoms with E-state index in [4.69, 9.17) is 0 Å². The minimum absolute atomic E-state index is 0.0931. The predicted octanol–water partition coefficient (Wildman–Crippen LogP) is 4.32. The molecule has 0 spiro atoms. The average Bonchev–Trinajstić information content (AvgIpc) is 2.75. The predicted molar refractivity (Wildman–Crippen MR) is 80.5 cm³/mol. The summed E-state index contributed by atoms with van der Waals surface area (Å²) in [5, 5.41) is 0. The summed E-state index contributed by atoms with van der Waals surface area (Å²) in [6, 6.07) is 8.43. The summed E-state index contributed by atoms with van der Waals surface area (Å²) in [6.45, 7) is 1.89. The Balaban J connectivity index is 2.05. The van der Waals surface area contributed by atoms with Gasteiger partial charge in [-0.2, -0.15) is 0 Å². The van der Waals surface area contributed by atoms with Crippen molar-refractivity contribution < 1.29 is 13.6 Å². The van der Waals surface area contributed by atoms with E-state index in [2.05, 4.69) is 15.9 Å². The molecule has 5 heteroatoms. The molecule has 21 heavy (non-hydrogen) atoms. The topological polar surface area (TPSA) is 20.3 Å². The Kier molecular flexibility index (Phi) is 3.53. The van der Waals surface area contributed by atoms with Gasteiger partial charge < -0.3 is 4.90 Å². The smallest absolute Gasteiger partial charge is 0.261 e. The number of carbonyl (C=O) groups is 1. The van der Waals surface area contributed by atoms with E-state index in [0.29, 0.717) is 6.42 Å². The highest BCUT2D eigenvalue weighted by Crippen LogP contribution is 2.35. The molecule has 3 rings (SSSR count). The molecule has 0 radical (unpaired) electrons. The van der Waals surface area contributed by atoms with Crippen molar-refractivity contribution in [1.82, 2.24) is 0 Å². The van der Waals surface area contributed by atoms with Crippen LogP contribution in [0.3, 0.4) is 0 Å². The molecule has 0 aromatic heterocycles. The SMILES string of the molecule is CC1Cc2cc(Br)ccc2N1C(=O)c1cc(F)ccc1F. The molecular weight excluding hydrogens is 340 g/mol. The fraction of sp³-hybridized carbons (Fsp3) is 0.188. The van der Waals surface area contributed by atoms with Crippen LogP contribution in [-0.2, 0) is 6.42 Å². The summed E-state index contributed by atoms with van der Waals surface area (Å²) in [7, 11) is 0. The van der Waals surface area contributed by atoms with E-state index in [9.17, 15) is 13.6 Å². The van der Waals surface area contributed by atoms with Gasteiger partial charge >= 0.3 is 0 Å². The van der Waals surface area contributed by atoms with E-state index in [1.807, 2.05) is 25.1 Å². The van der Waals surface area contributed by atoms with Crippen LogP contribution in [0, 0.1) is 11.6 Å². The van der Waals surface area contributed by atoms with Gasteiger partial charge in [0.1, 0.15) is 11.6 Å². The van der Waals surface area contributed by atoms with E-state index in [0.717, 1.165) is 33.9 Å². The molecule has 0 aliphatic carbocycles. The van der Waals surface area contributed by atoms with Crippen LogP contribution in [-0.4, -0.2) is 11.9 Å². The van der Waals surface area contributed by atoms with Crippen LogP contribution in [0.5, 0.6) is 0 Å². The first-order valence-corrected chi connectivity index (χ1v) is 7.33. The second-order valence-electron chi connectivity index (χ2n) is 5.13. The van der Waals surface area contributed by atoms with Gasteiger partial charge in [-0.25, -0.2) is 8.78 Å². The van der Waals surface area contributed by atoms with Crippen molar-refractivity contribution in [2.24, 2.45) is 0 Å². The number of halogens is 3. The number of rotatable bonds is 1. The number of hydrogen-bond donors (Lipinski definition) is 0. The van der Waals surface area contributed by atoms with Gasteiger partial charge in [0.15, 0.2) is 0 Å². The molecule has 1 aliphatic heterocycles. The zero-order valence-electron chi connectivity index (χ0n) is 11.2. The molecule has 0 saturated carbocycles. The van der Waals surface area contributed by atoms with Crippen LogP contribution in [0.1, 0.15) is 22.8 Å². The Hall–Kier alpha value is -1.75. The molecular formula is C16H12BrF2NO. The van der Waals surface area contributed by atoms with Crippen molar-refractivity contribution in [2.75, 3.05) is 4.90 Å². The lowest BCUT2D eigenvalue weighted by Gasteiger charge is -2.23. The Bertz CT molecular complexity index is 732. The maximum absolute atomic E-state index is 13.8. The largest absolute Gasteiger partial charge is 0.305 e. The molecule has 1 aliphatic rings. The molecule has 0 N–H and O–H groups in total. The second kappa shape index (κ2) is 5.22. The number of anilines is 1. The second-order valence-corrected chi connectivity index (χ2v) is 6.04. The van der Waals surface area contributed by atoms with Crippen molar-refractivity contribution in [3.63, 3.8) is 0 Å². The lowest BCUT2D eigenvalue weighted by atomic mass is 10.1. The highest BCUT2D eigenvalue weighted by atomic mass is 79.9. The summed E-state index contributed by atoms with van der Waals surface area (Å²) in [4.78, 5) is 14.1. The van der Waals surface area contributed by atoms with Crippen molar-refractivity contribution in [3.8, 4) is 0 Å². The van der Waals surface area contributed by atoms with E-state index in [-0.39, 0.29) is 11.6 Å². The third kappa shape index (κ3) is 2.46. The molecule has 108 valence electrons. The van der Waals surface area contributed by atoms with E-state index < -0.39 is 17.5 Å². The summed E-state index contributed by atoms with van der Waals surface area (Å²) in [5.74, 6) is -1.85. The highest BCUT2D eigenvalue weighted by Gasteiger charge is 2.32. The third-order valence-corrected chi connectivity index (χ3v) is 4.13. The highest BCUT2D eigenvalue weighted by molar-refractivity contribution is 9.10. The minimum Gasteiger partial charge on any atom is -0.305 e. The van der Waals surface area contributed by atoms with Crippen molar-refractivity contribution in [2.45, 2.75) is 19.4 Å². The Morgan fingerprint density at radius 3 is 2.76 bits per heavy atom.